The number of nitrogens with zero attached hydrogens (tertiary/aromatic N) is 4. The molecule has 0 aliphatic carbocycles. The molecule has 2 aromatic carbocycles. The molecule has 4 rings (SSSR count). The average Bonchev–Trinajstić information content (AvgIpc) is 2.92. The quantitative estimate of drug-likeness (QED) is 0.166. The molecule has 41 heavy (non-hydrogen) atoms. The molecule has 0 atom stereocenters. The summed E-state index contributed by atoms with van der Waals surface area (Å²) in [5.41, 5.74) is 24.6. The van der Waals surface area contributed by atoms with E-state index in [-0.39, 0.29) is 35.4 Å². The third-order valence-electron chi connectivity index (χ3n) is 5.79. The molecular formula is C28H35IN8O4. The van der Waals surface area contributed by atoms with Gasteiger partial charge in [0.05, 0.1) is 30.2 Å². The molecule has 218 valence electrons. The minimum absolute atomic E-state index is 0.119. The highest BCUT2D eigenvalue weighted by Gasteiger charge is 2.16. The molecule has 4 aromatic rings. The predicted molar refractivity (Wildman–Crippen MR) is 169 cm³/mol. The Balaban J connectivity index is 0.000000226. The molecule has 13 heteroatoms. The van der Waals surface area contributed by atoms with Crippen LogP contribution in [0.3, 0.4) is 0 Å². The van der Waals surface area contributed by atoms with Gasteiger partial charge in [-0.25, -0.2) is 9.97 Å². The van der Waals surface area contributed by atoms with Gasteiger partial charge in [0.1, 0.15) is 23.0 Å². The molecule has 2 heterocycles. The Kier molecular flexibility index (Phi) is 10.6. The number of nitrogens with two attached hydrogens (primary N) is 4. The number of benzene rings is 2. The molecule has 0 bridgehead atoms. The second kappa shape index (κ2) is 13.9. The van der Waals surface area contributed by atoms with Gasteiger partial charge in [-0.15, -0.1) is 0 Å². The van der Waals surface area contributed by atoms with E-state index in [2.05, 4.69) is 70.2 Å². The fourth-order valence-electron chi connectivity index (χ4n) is 3.64. The third kappa shape index (κ3) is 8.13. The van der Waals surface area contributed by atoms with Crippen molar-refractivity contribution in [3.8, 4) is 34.5 Å². The molecule has 0 saturated heterocycles. The van der Waals surface area contributed by atoms with E-state index in [1.165, 1.54) is 12.4 Å². The Hall–Kier alpha value is -4.27. The smallest absolute Gasteiger partial charge is 0.222 e. The Labute approximate surface area is 252 Å². The monoisotopic (exact) mass is 674 g/mol. The van der Waals surface area contributed by atoms with Crippen LogP contribution in [0.5, 0.6) is 34.5 Å². The minimum Gasteiger partial charge on any atom is -0.497 e. The highest BCUT2D eigenvalue weighted by molar-refractivity contribution is 14.1. The van der Waals surface area contributed by atoms with Crippen molar-refractivity contribution < 1.29 is 18.9 Å². The largest absolute Gasteiger partial charge is 0.497 e. The molecule has 0 saturated carbocycles. The van der Waals surface area contributed by atoms with E-state index in [1.807, 2.05) is 30.3 Å². The first-order valence-corrected chi connectivity index (χ1v) is 13.7. The van der Waals surface area contributed by atoms with Gasteiger partial charge in [-0.3, -0.25) is 0 Å². The van der Waals surface area contributed by atoms with Crippen LogP contribution in [0.4, 0.5) is 23.5 Å². The van der Waals surface area contributed by atoms with Gasteiger partial charge >= 0.3 is 0 Å². The lowest BCUT2D eigenvalue weighted by atomic mass is 10.0. The topological polar surface area (TPSA) is 193 Å². The maximum Gasteiger partial charge on any atom is 0.222 e. The predicted octanol–water partition coefficient (Wildman–Crippen LogP) is 5.74. The fraction of sp³-hybridized carbons (Fsp3) is 0.286. The van der Waals surface area contributed by atoms with Gasteiger partial charge < -0.3 is 41.9 Å². The first kappa shape index (κ1) is 31.3. The van der Waals surface area contributed by atoms with Crippen molar-refractivity contribution in [3.05, 3.63) is 57.4 Å². The number of aromatic nitrogens is 4. The lowest BCUT2D eigenvalue weighted by molar-refractivity contribution is 0.407. The maximum absolute atomic E-state index is 5.87. The number of nitrogen functional groups attached to an aromatic ring is 4. The SMILES string of the molecule is COc1cc(C(C)C)c(Oc2cnc(N)nc2N)cc1I.COc1ccc(Oc2cnc(N)nc2N)c(C(C)C)c1. The first-order chi connectivity index (χ1) is 19.4. The normalized spacial score (nSPS) is 10.7. The van der Waals surface area contributed by atoms with Crippen molar-refractivity contribution in [2.75, 3.05) is 37.2 Å². The molecule has 12 nitrogen and oxygen atoms in total. The lowest BCUT2D eigenvalue weighted by Gasteiger charge is -2.16. The number of ether oxygens (including phenoxy) is 4. The molecular weight excluding hydrogens is 639 g/mol. The summed E-state index contributed by atoms with van der Waals surface area (Å²) in [6, 6.07) is 9.48. The highest BCUT2D eigenvalue weighted by atomic mass is 127. The summed E-state index contributed by atoms with van der Waals surface area (Å²) in [6.07, 6.45) is 2.94. The Morgan fingerprint density at radius 2 is 1.15 bits per heavy atom. The van der Waals surface area contributed by atoms with Crippen LogP contribution in [-0.4, -0.2) is 34.2 Å². The zero-order chi connectivity index (χ0) is 30.3. The van der Waals surface area contributed by atoms with E-state index < -0.39 is 0 Å². The third-order valence-corrected chi connectivity index (χ3v) is 6.63. The van der Waals surface area contributed by atoms with Crippen molar-refractivity contribution in [1.29, 1.82) is 0 Å². The molecule has 8 N–H and O–H groups in total. The summed E-state index contributed by atoms with van der Waals surface area (Å²) < 4.78 is 23.2. The maximum atomic E-state index is 5.87. The van der Waals surface area contributed by atoms with E-state index in [1.54, 1.807) is 14.2 Å². The van der Waals surface area contributed by atoms with Crippen LogP contribution >= 0.6 is 22.6 Å². The summed E-state index contributed by atoms with van der Waals surface area (Å²) in [5, 5.41) is 0. The zero-order valence-electron chi connectivity index (χ0n) is 23.8. The number of anilines is 4. The van der Waals surface area contributed by atoms with Crippen molar-refractivity contribution in [2.45, 2.75) is 39.5 Å². The fourth-order valence-corrected chi connectivity index (χ4v) is 4.29. The average molecular weight is 675 g/mol. The van der Waals surface area contributed by atoms with Crippen LogP contribution in [0.2, 0.25) is 0 Å². The molecule has 0 unspecified atom stereocenters. The molecule has 0 spiro atoms. The number of methoxy groups -OCH3 is 2. The first-order valence-electron chi connectivity index (χ1n) is 12.6. The van der Waals surface area contributed by atoms with Gasteiger partial charge in [0, 0.05) is 11.1 Å². The number of hydrogen-bond acceptors (Lipinski definition) is 12. The second-order valence-corrected chi connectivity index (χ2v) is 10.6. The standard InChI is InChI=1S/C14H17IN4O2.C14H18N4O2/c1-7(2)8-4-11(20-3)9(15)5-10(8)21-12-6-18-14(17)19-13(12)16;1-8(2)10-6-9(19-3)4-5-11(10)20-12-7-17-14(16)18-13(12)15/h4-7H,1-3H3,(H4,16,17,18,19);4-8H,1-3H3,(H4,15,16,17,18). The van der Waals surface area contributed by atoms with Crippen molar-refractivity contribution in [3.63, 3.8) is 0 Å². The Morgan fingerprint density at radius 3 is 1.61 bits per heavy atom. The van der Waals surface area contributed by atoms with E-state index in [0.29, 0.717) is 23.0 Å². The van der Waals surface area contributed by atoms with Gasteiger partial charge in [0.15, 0.2) is 23.1 Å². The second-order valence-electron chi connectivity index (χ2n) is 9.40. The van der Waals surface area contributed by atoms with Crippen molar-refractivity contribution in [1.82, 2.24) is 19.9 Å². The molecule has 2 aromatic heterocycles. The van der Waals surface area contributed by atoms with E-state index >= 15 is 0 Å². The van der Waals surface area contributed by atoms with E-state index in [9.17, 15) is 0 Å². The van der Waals surface area contributed by atoms with Crippen LogP contribution in [0, 0.1) is 3.57 Å². The molecule has 0 aliphatic rings. The summed E-state index contributed by atoms with van der Waals surface area (Å²) in [6.45, 7) is 8.31. The van der Waals surface area contributed by atoms with Crippen molar-refractivity contribution in [2.24, 2.45) is 0 Å². The molecule has 0 aliphatic heterocycles. The number of hydrogen-bond donors (Lipinski definition) is 4. The van der Waals surface area contributed by atoms with E-state index in [4.69, 9.17) is 41.9 Å². The number of halogens is 1. The van der Waals surface area contributed by atoms with Crippen LogP contribution < -0.4 is 41.9 Å². The van der Waals surface area contributed by atoms with Crippen LogP contribution in [0.15, 0.2) is 42.7 Å². The molecule has 0 fully saturated rings. The van der Waals surface area contributed by atoms with Crippen LogP contribution in [-0.2, 0) is 0 Å². The summed E-state index contributed by atoms with van der Waals surface area (Å²) >= 11 is 2.20. The number of rotatable bonds is 8. The van der Waals surface area contributed by atoms with Gasteiger partial charge in [-0.1, -0.05) is 27.7 Å². The van der Waals surface area contributed by atoms with Crippen molar-refractivity contribution >= 4 is 46.1 Å². The lowest BCUT2D eigenvalue weighted by Crippen LogP contribution is -2.03. The minimum atomic E-state index is 0.119. The van der Waals surface area contributed by atoms with Crippen LogP contribution in [0.1, 0.15) is 50.7 Å². The Morgan fingerprint density at radius 1 is 0.634 bits per heavy atom. The Bertz CT molecular complexity index is 1500. The van der Waals surface area contributed by atoms with Gasteiger partial charge in [0.25, 0.3) is 0 Å². The molecule has 0 radical (unpaired) electrons. The molecule has 0 amide bonds. The van der Waals surface area contributed by atoms with Crippen LogP contribution in [0.25, 0.3) is 0 Å². The zero-order valence-corrected chi connectivity index (χ0v) is 26.0. The highest BCUT2D eigenvalue weighted by Crippen LogP contribution is 2.38. The summed E-state index contributed by atoms with van der Waals surface area (Å²) in [4.78, 5) is 15.5. The summed E-state index contributed by atoms with van der Waals surface area (Å²) in [7, 11) is 3.28. The summed E-state index contributed by atoms with van der Waals surface area (Å²) in [5.74, 6) is 4.95. The van der Waals surface area contributed by atoms with Gasteiger partial charge in [-0.2, -0.15) is 9.97 Å². The van der Waals surface area contributed by atoms with Gasteiger partial charge in [-0.05, 0) is 64.8 Å². The van der Waals surface area contributed by atoms with E-state index in [0.717, 1.165) is 26.2 Å². The van der Waals surface area contributed by atoms with Gasteiger partial charge in [0.2, 0.25) is 11.9 Å².